The Kier molecular flexibility index (Phi) is 3.28. The van der Waals surface area contributed by atoms with Crippen LogP contribution in [0, 0.1) is 0 Å². The number of nitrogens with zero attached hydrogens (tertiary/aromatic N) is 1. The van der Waals surface area contributed by atoms with Gasteiger partial charge in [-0.3, -0.25) is 4.79 Å². The van der Waals surface area contributed by atoms with Crippen LogP contribution in [0.1, 0.15) is 22.8 Å². The number of hydrogen-bond donors (Lipinski definition) is 2. The zero-order valence-corrected chi connectivity index (χ0v) is 12.6. The van der Waals surface area contributed by atoms with Gasteiger partial charge in [0.1, 0.15) is 5.82 Å². The van der Waals surface area contributed by atoms with E-state index in [0.29, 0.717) is 12.2 Å². The van der Waals surface area contributed by atoms with Crippen molar-refractivity contribution in [2.45, 2.75) is 12.3 Å². The molecule has 2 heterocycles. The van der Waals surface area contributed by atoms with Crippen molar-refractivity contribution >= 4 is 44.1 Å². The lowest BCUT2D eigenvalue weighted by Crippen LogP contribution is -2.22. The number of carbonyl (C=O) groups excluding carboxylic acids is 1. The summed E-state index contributed by atoms with van der Waals surface area (Å²) in [5.41, 5.74) is 1.13. The van der Waals surface area contributed by atoms with Crippen LogP contribution in [0.15, 0.2) is 28.7 Å². The van der Waals surface area contributed by atoms with Crippen molar-refractivity contribution in [3.05, 3.63) is 39.2 Å². The van der Waals surface area contributed by atoms with Gasteiger partial charge < -0.3 is 10.6 Å². The number of hydrogen-bond acceptors (Lipinski definition) is 4. The summed E-state index contributed by atoms with van der Waals surface area (Å²) in [5, 5.41) is 6.69. The van der Waals surface area contributed by atoms with Gasteiger partial charge in [0, 0.05) is 23.9 Å². The van der Waals surface area contributed by atoms with Crippen molar-refractivity contribution < 1.29 is 4.79 Å². The fraction of sp³-hybridized carbons (Fsp3) is 0.231. The minimum Gasteiger partial charge on any atom is -0.365 e. The molecule has 3 rings (SSSR count). The largest absolute Gasteiger partial charge is 0.365 e. The summed E-state index contributed by atoms with van der Waals surface area (Å²) in [4.78, 5) is 17.3. The summed E-state index contributed by atoms with van der Waals surface area (Å²) >= 11 is 5.16. The Hall–Kier alpha value is -1.40. The second-order valence-electron chi connectivity index (χ2n) is 4.31. The lowest BCUT2D eigenvalue weighted by molar-refractivity contribution is -0.116. The number of benzene rings is 1. The number of halogens is 1. The molecule has 6 heteroatoms. The van der Waals surface area contributed by atoms with Crippen LogP contribution in [0.3, 0.4) is 0 Å². The van der Waals surface area contributed by atoms with Gasteiger partial charge in [-0.05, 0) is 11.6 Å². The maximum atomic E-state index is 11.8. The van der Waals surface area contributed by atoms with E-state index in [0.717, 1.165) is 20.0 Å². The first-order chi connectivity index (χ1) is 9.19. The average molecular weight is 338 g/mol. The molecule has 1 amide bonds. The highest BCUT2D eigenvalue weighted by atomic mass is 79.9. The molecule has 0 saturated carbocycles. The molecule has 1 atom stereocenters. The van der Waals surface area contributed by atoms with Crippen LogP contribution in [-0.4, -0.2) is 17.9 Å². The number of thiazole rings is 1. The summed E-state index contributed by atoms with van der Waals surface area (Å²) in [6.07, 6.45) is 0.459. The second-order valence-corrected chi connectivity index (χ2v) is 6.19. The predicted molar refractivity (Wildman–Crippen MR) is 80.9 cm³/mol. The molecule has 1 aromatic carbocycles. The van der Waals surface area contributed by atoms with Crippen molar-refractivity contribution in [1.82, 2.24) is 4.98 Å². The Morgan fingerprint density at radius 3 is 3.00 bits per heavy atom. The number of aromatic nitrogens is 1. The number of nitrogens with one attached hydrogen (secondary N) is 2. The Labute approximate surface area is 123 Å². The molecule has 4 nitrogen and oxygen atoms in total. The van der Waals surface area contributed by atoms with Gasteiger partial charge in [-0.15, -0.1) is 0 Å². The van der Waals surface area contributed by atoms with Gasteiger partial charge in [0.2, 0.25) is 5.91 Å². The number of carbonyl (C=O) groups is 1. The summed E-state index contributed by atoms with van der Waals surface area (Å²) in [5.74, 6) is 0.770. The SMILES string of the molecule is CNc1nc2c(s1)[C@H](c1ccccc1Br)CC(=O)N2. The molecule has 0 aliphatic carbocycles. The van der Waals surface area contributed by atoms with Crippen LogP contribution in [0.2, 0.25) is 0 Å². The lowest BCUT2D eigenvalue weighted by atomic mass is 9.92. The Bertz CT molecular complexity index is 641. The monoisotopic (exact) mass is 337 g/mol. The molecule has 1 aromatic heterocycles. The van der Waals surface area contributed by atoms with Gasteiger partial charge in [-0.1, -0.05) is 45.5 Å². The highest BCUT2D eigenvalue weighted by molar-refractivity contribution is 9.10. The Morgan fingerprint density at radius 2 is 2.26 bits per heavy atom. The normalized spacial score (nSPS) is 17.8. The highest BCUT2D eigenvalue weighted by Crippen LogP contribution is 2.43. The van der Waals surface area contributed by atoms with Crippen LogP contribution in [0.25, 0.3) is 0 Å². The molecular weight excluding hydrogens is 326 g/mol. The third kappa shape index (κ3) is 2.26. The fourth-order valence-electron chi connectivity index (χ4n) is 2.23. The molecule has 0 bridgehead atoms. The first-order valence-corrected chi connectivity index (χ1v) is 7.52. The minimum atomic E-state index is 0.0150. The Balaban J connectivity index is 2.10. The lowest BCUT2D eigenvalue weighted by Gasteiger charge is -2.22. The number of anilines is 2. The molecule has 98 valence electrons. The van der Waals surface area contributed by atoms with E-state index in [1.54, 1.807) is 11.3 Å². The van der Waals surface area contributed by atoms with E-state index in [2.05, 4.69) is 37.6 Å². The number of amides is 1. The van der Waals surface area contributed by atoms with Crippen LogP contribution >= 0.6 is 27.3 Å². The first-order valence-electron chi connectivity index (χ1n) is 5.92. The van der Waals surface area contributed by atoms with Crippen LogP contribution in [-0.2, 0) is 4.79 Å². The van der Waals surface area contributed by atoms with Crippen molar-refractivity contribution in [2.75, 3.05) is 17.7 Å². The first kappa shape index (κ1) is 12.6. The van der Waals surface area contributed by atoms with Gasteiger partial charge >= 0.3 is 0 Å². The van der Waals surface area contributed by atoms with E-state index in [4.69, 9.17) is 0 Å². The van der Waals surface area contributed by atoms with Crippen LogP contribution < -0.4 is 10.6 Å². The molecule has 19 heavy (non-hydrogen) atoms. The van der Waals surface area contributed by atoms with Gasteiger partial charge in [0.25, 0.3) is 0 Å². The molecule has 0 unspecified atom stereocenters. The molecule has 1 aliphatic heterocycles. The number of fused-ring (bicyclic) bond motifs is 1. The second kappa shape index (κ2) is 4.94. The predicted octanol–water partition coefficient (Wildman–Crippen LogP) is 3.42. The van der Waals surface area contributed by atoms with Crippen LogP contribution in [0.5, 0.6) is 0 Å². The van der Waals surface area contributed by atoms with E-state index in [1.807, 2.05) is 25.2 Å². The minimum absolute atomic E-state index is 0.0150. The average Bonchev–Trinajstić information content (AvgIpc) is 2.81. The Morgan fingerprint density at radius 1 is 1.47 bits per heavy atom. The smallest absolute Gasteiger partial charge is 0.226 e. The molecule has 0 fully saturated rings. The van der Waals surface area contributed by atoms with Crippen molar-refractivity contribution in [1.29, 1.82) is 0 Å². The third-order valence-corrected chi connectivity index (χ3v) is 5.02. The zero-order chi connectivity index (χ0) is 13.4. The molecule has 2 N–H and O–H groups in total. The molecule has 0 radical (unpaired) electrons. The molecular formula is C13H12BrN3OS. The maximum Gasteiger partial charge on any atom is 0.226 e. The summed E-state index contributed by atoms with van der Waals surface area (Å²) in [7, 11) is 1.83. The highest BCUT2D eigenvalue weighted by Gasteiger charge is 2.31. The van der Waals surface area contributed by atoms with Crippen molar-refractivity contribution in [3.63, 3.8) is 0 Å². The number of rotatable bonds is 2. The molecule has 0 saturated heterocycles. The van der Waals surface area contributed by atoms with Gasteiger partial charge in [0.15, 0.2) is 5.13 Å². The van der Waals surface area contributed by atoms with Gasteiger partial charge in [0.05, 0.1) is 4.88 Å². The summed E-state index contributed by atoms with van der Waals surface area (Å²) in [6.45, 7) is 0. The molecule has 0 spiro atoms. The van der Waals surface area contributed by atoms with Crippen molar-refractivity contribution in [2.24, 2.45) is 0 Å². The summed E-state index contributed by atoms with van der Waals surface area (Å²) in [6, 6.07) is 8.02. The summed E-state index contributed by atoms with van der Waals surface area (Å²) < 4.78 is 1.03. The van der Waals surface area contributed by atoms with Gasteiger partial charge in [-0.25, -0.2) is 4.98 Å². The van der Waals surface area contributed by atoms with E-state index in [9.17, 15) is 4.79 Å². The topological polar surface area (TPSA) is 54.0 Å². The molecule has 2 aromatic rings. The zero-order valence-electron chi connectivity index (χ0n) is 10.2. The standard InChI is InChI=1S/C13H12BrN3OS/c1-15-13-17-12-11(19-13)8(6-10(18)16-12)7-4-2-3-5-9(7)14/h2-5,8H,6H2,1H3,(H,15,17)(H,16,18)/t8-/m0/s1. The fourth-order valence-corrected chi connectivity index (χ4v) is 3.79. The third-order valence-electron chi connectivity index (χ3n) is 3.11. The van der Waals surface area contributed by atoms with Gasteiger partial charge in [-0.2, -0.15) is 0 Å². The van der Waals surface area contributed by atoms with E-state index in [1.165, 1.54) is 0 Å². The van der Waals surface area contributed by atoms with E-state index in [-0.39, 0.29) is 11.8 Å². The van der Waals surface area contributed by atoms with Crippen molar-refractivity contribution in [3.8, 4) is 0 Å². The van der Waals surface area contributed by atoms with E-state index >= 15 is 0 Å². The maximum absolute atomic E-state index is 11.8. The van der Waals surface area contributed by atoms with Crippen LogP contribution in [0.4, 0.5) is 10.9 Å². The molecule has 1 aliphatic rings. The quantitative estimate of drug-likeness (QED) is 0.882. The van der Waals surface area contributed by atoms with E-state index < -0.39 is 0 Å².